The normalized spacial score (nSPS) is 15.6. The van der Waals surface area contributed by atoms with Crippen molar-refractivity contribution < 1.29 is 0 Å². The van der Waals surface area contributed by atoms with Gasteiger partial charge in [0.1, 0.15) is 11.5 Å². The molecule has 0 atom stereocenters. The quantitative estimate of drug-likeness (QED) is 0.928. The number of hydrogen-bond donors (Lipinski definition) is 1. The van der Waals surface area contributed by atoms with Gasteiger partial charge in [-0.2, -0.15) is 0 Å². The van der Waals surface area contributed by atoms with Gasteiger partial charge in [0.05, 0.1) is 6.20 Å². The molecule has 1 aliphatic rings. The van der Waals surface area contributed by atoms with Crippen LogP contribution in [0.2, 0.25) is 0 Å². The monoisotopic (exact) mass is 298 g/mol. The lowest BCUT2D eigenvalue weighted by Crippen LogP contribution is -2.30. The molecule has 0 radical (unpaired) electrons. The van der Waals surface area contributed by atoms with Gasteiger partial charge in [-0.25, -0.2) is 15.0 Å². The molecule has 1 saturated heterocycles. The van der Waals surface area contributed by atoms with Crippen molar-refractivity contribution in [2.45, 2.75) is 26.7 Å². The largest absolute Gasteiger partial charge is 0.355 e. The summed E-state index contributed by atoms with van der Waals surface area (Å²) in [6.07, 6.45) is 7.13. The topological polar surface area (TPSA) is 66.8 Å². The summed E-state index contributed by atoms with van der Waals surface area (Å²) in [7, 11) is 0. The smallest absolute Gasteiger partial charge is 0.182 e. The summed E-state index contributed by atoms with van der Waals surface area (Å²) in [4.78, 5) is 20.3. The Bertz CT molecular complexity index is 620. The van der Waals surface area contributed by atoms with Crippen molar-refractivity contribution in [3.8, 4) is 11.5 Å². The molecule has 0 saturated carbocycles. The van der Waals surface area contributed by atoms with E-state index in [0.29, 0.717) is 5.82 Å². The van der Waals surface area contributed by atoms with E-state index in [0.717, 1.165) is 56.2 Å². The van der Waals surface area contributed by atoms with Crippen molar-refractivity contribution in [2.24, 2.45) is 0 Å². The van der Waals surface area contributed by atoms with Crippen LogP contribution in [0, 0.1) is 6.92 Å². The molecule has 2 aromatic heterocycles. The van der Waals surface area contributed by atoms with Crippen LogP contribution in [0.1, 0.15) is 24.6 Å². The Hall–Kier alpha value is -2.08. The highest BCUT2D eigenvalue weighted by Gasteiger charge is 2.18. The van der Waals surface area contributed by atoms with Gasteiger partial charge in [-0.05, 0) is 26.3 Å². The molecular weight excluding hydrogens is 276 g/mol. The second-order valence-electron chi connectivity index (χ2n) is 5.47. The standard InChI is InChI=1S/C16H22N6/c1-3-13-12(2)20-15(14-11-18-6-7-19-14)21-16(13)22-9-4-5-17-8-10-22/h6-7,11,17H,3-5,8-10H2,1-2H3. The Balaban J connectivity index is 2.04. The van der Waals surface area contributed by atoms with Crippen molar-refractivity contribution >= 4 is 5.82 Å². The molecule has 3 heterocycles. The summed E-state index contributed by atoms with van der Waals surface area (Å²) in [6, 6.07) is 0. The van der Waals surface area contributed by atoms with Gasteiger partial charge in [-0.15, -0.1) is 0 Å². The van der Waals surface area contributed by atoms with Gasteiger partial charge in [-0.3, -0.25) is 4.98 Å². The molecule has 3 rings (SSSR count). The Morgan fingerprint density at radius 3 is 2.86 bits per heavy atom. The van der Waals surface area contributed by atoms with Gasteiger partial charge < -0.3 is 10.2 Å². The van der Waals surface area contributed by atoms with Crippen molar-refractivity contribution in [1.29, 1.82) is 0 Å². The SMILES string of the molecule is CCc1c(C)nc(-c2cnccn2)nc1N1CCCNCC1. The zero-order chi connectivity index (χ0) is 15.4. The molecule has 6 nitrogen and oxygen atoms in total. The van der Waals surface area contributed by atoms with Crippen LogP contribution in [0.4, 0.5) is 5.82 Å². The van der Waals surface area contributed by atoms with Gasteiger partial charge in [0.2, 0.25) is 0 Å². The molecule has 1 aliphatic heterocycles. The van der Waals surface area contributed by atoms with Crippen LogP contribution in [0.5, 0.6) is 0 Å². The fourth-order valence-corrected chi connectivity index (χ4v) is 2.84. The van der Waals surface area contributed by atoms with Crippen LogP contribution in [0.15, 0.2) is 18.6 Å². The van der Waals surface area contributed by atoms with Crippen LogP contribution in [-0.4, -0.2) is 46.1 Å². The lowest BCUT2D eigenvalue weighted by Gasteiger charge is -2.25. The Kier molecular flexibility index (Phi) is 4.58. The van der Waals surface area contributed by atoms with Crippen molar-refractivity contribution in [3.63, 3.8) is 0 Å². The Morgan fingerprint density at radius 2 is 2.09 bits per heavy atom. The molecule has 0 amide bonds. The van der Waals surface area contributed by atoms with E-state index in [1.807, 2.05) is 0 Å². The van der Waals surface area contributed by atoms with Gasteiger partial charge in [0.15, 0.2) is 5.82 Å². The molecule has 0 aromatic carbocycles. The fourth-order valence-electron chi connectivity index (χ4n) is 2.84. The van der Waals surface area contributed by atoms with E-state index in [2.05, 4.69) is 39.0 Å². The molecule has 6 heteroatoms. The van der Waals surface area contributed by atoms with Crippen LogP contribution < -0.4 is 10.2 Å². The number of aryl methyl sites for hydroxylation is 1. The first-order valence-corrected chi connectivity index (χ1v) is 7.89. The zero-order valence-electron chi connectivity index (χ0n) is 13.2. The van der Waals surface area contributed by atoms with E-state index < -0.39 is 0 Å². The maximum absolute atomic E-state index is 4.82. The minimum atomic E-state index is 0.662. The minimum absolute atomic E-state index is 0.662. The molecule has 0 spiro atoms. The van der Waals surface area contributed by atoms with E-state index in [1.165, 1.54) is 5.56 Å². The first kappa shape index (κ1) is 14.8. The van der Waals surface area contributed by atoms with Crippen molar-refractivity contribution in [3.05, 3.63) is 29.8 Å². The lowest BCUT2D eigenvalue weighted by molar-refractivity contribution is 0.724. The predicted octanol–water partition coefficient (Wildman–Crippen LogP) is 1.60. The number of nitrogens with one attached hydrogen (secondary N) is 1. The lowest BCUT2D eigenvalue weighted by atomic mass is 10.1. The molecule has 0 unspecified atom stereocenters. The molecule has 0 aliphatic carbocycles. The first-order valence-electron chi connectivity index (χ1n) is 7.89. The third-order valence-electron chi connectivity index (χ3n) is 3.98. The number of hydrogen-bond acceptors (Lipinski definition) is 6. The van der Waals surface area contributed by atoms with Crippen LogP contribution in [0.25, 0.3) is 11.5 Å². The Morgan fingerprint density at radius 1 is 1.18 bits per heavy atom. The van der Waals surface area contributed by atoms with Crippen LogP contribution in [0.3, 0.4) is 0 Å². The summed E-state index contributed by atoms with van der Waals surface area (Å²) in [5.74, 6) is 1.72. The van der Waals surface area contributed by atoms with E-state index in [-0.39, 0.29) is 0 Å². The average Bonchev–Trinajstić information content (AvgIpc) is 2.84. The fraction of sp³-hybridized carbons (Fsp3) is 0.500. The van der Waals surface area contributed by atoms with E-state index in [1.54, 1.807) is 18.6 Å². The third kappa shape index (κ3) is 3.06. The highest BCUT2D eigenvalue weighted by Crippen LogP contribution is 2.25. The summed E-state index contributed by atoms with van der Waals surface area (Å²) in [5.41, 5.74) is 2.99. The number of nitrogens with zero attached hydrogens (tertiary/aromatic N) is 5. The third-order valence-corrected chi connectivity index (χ3v) is 3.98. The summed E-state index contributed by atoms with van der Waals surface area (Å²) in [5, 5.41) is 3.44. The van der Waals surface area contributed by atoms with Gasteiger partial charge >= 0.3 is 0 Å². The average molecular weight is 298 g/mol. The van der Waals surface area contributed by atoms with E-state index >= 15 is 0 Å². The number of anilines is 1. The van der Waals surface area contributed by atoms with Crippen molar-refractivity contribution in [2.75, 3.05) is 31.1 Å². The van der Waals surface area contributed by atoms with E-state index in [9.17, 15) is 0 Å². The molecule has 1 fully saturated rings. The minimum Gasteiger partial charge on any atom is -0.355 e. The maximum Gasteiger partial charge on any atom is 0.182 e. The highest BCUT2D eigenvalue weighted by molar-refractivity contribution is 5.57. The second-order valence-corrected chi connectivity index (χ2v) is 5.47. The first-order chi connectivity index (χ1) is 10.8. The van der Waals surface area contributed by atoms with Crippen LogP contribution >= 0.6 is 0 Å². The number of rotatable bonds is 3. The van der Waals surface area contributed by atoms with Gasteiger partial charge in [-0.1, -0.05) is 6.92 Å². The molecule has 116 valence electrons. The van der Waals surface area contributed by atoms with Gasteiger partial charge in [0.25, 0.3) is 0 Å². The molecule has 0 bridgehead atoms. The summed E-state index contributed by atoms with van der Waals surface area (Å²) in [6.45, 7) is 8.28. The number of aromatic nitrogens is 4. The van der Waals surface area contributed by atoms with E-state index in [4.69, 9.17) is 4.98 Å². The van der Waals surface area contributed by atoms with Gasteiger partial charge in [0, 0.05) is 43.3 Å². The summed E-state index contributed by atoms with van der Waals surface area (Å²) >= 11 is 0. The summed E-state index contributed by atoms with van der Waals surface area (Å²) < 4.78 is 0. The molecule has 1 N–H and O–H groups in total. The zero-order valence-corrected chi connectivity index (χ0v) is 13.2. The van der Waals surface area contributed by atoms with Crippen LogP contribution in [-0.2, 0) is 6.42 Å². The molecular formula is C16H22N6. The van der Waals surface area contributed by atoms with Crippen molar-refractivity contribution in [1.82, 2.24) is 25.3 Å². The predicted molar refractivity (Wildman–Crippen MR) is 86.9 cm³/mol. The molecule has 22 heavy (non-hydrogen) atoms. The Labute approximate surface area is 131 Å². The second kappa shape index (κ2) is 6.79. The molecule has 2 aromatic rings. The highest BCUT2D eigenvalue weighted by atomic mass is 15.2. The maximum atomic E-state index is 4.82.